The fourth-order valence-corrected chi connectivity index (χ4v) is 12.5. The lowest BCUT2D eigenvalue weighted by Gasteiger charge is -2.29. The Morgan fingerprint density at radius 2 is 0.982 bits per heavy atom. The van der Waals surface area contributed by atoms with Crippen LogP contribution in [-0.4, -0.2) is 227 Å². The van der Waals surface area contributed by atoms with Crippen molar-refractivity contribution in [2.24, 2.45) is 35.0 Å². The van der Waals surface area contributed by atoms with E-state index in [0.717, 1.165) is 0 Å². The first-order valence-electron chi connectivity index (χ1n) is 38.0. The zero-order valence-electron chi connectivity index (χ0n) is 65.1. The van der Waals surface area contributed by atoms with Gasteiger partial charge in [0.15, 0.2) is 0 Å². The number of nitrogens with two attached hydrogens (primary N) is 3. The van der Waals surface area contributed by atoms with Crippen molar-refractivity contribution >= 4 is 88.7 Å². The summed E-state index contributed by atoms with van der Waals surface area (Å²) >= 11 is 0. The fraction of sp³-hybridized carbons (Fsp3) is 0.532. The number of carboxylic acid groups (broad SMARTS) is 2. The summed E-state index contributed by atoms with van der Waals surface area (Å²) in [5.74, 6) is -16.9. The Morgan fingerprint density at radius 3 is 1.45 bits per heavy atom. The molecule has 1 fully saturated rings. The highest BCUT2D eigenvalue weighted by Gasteiger charge is 2.40. The number of nitrogens with one attached hydrogen (secondary N) is 12. The van der Waals surface area contributed by atoms with Crippen molar-refractivity contribution in [3.63, 3.8) is 0 Å². The number of aromatic nitrogens is 2. The lowest BCUT2D eigenvalue weighted by molar-refractivity contribution is -0.142. The van der Waals surface area contributed by atoms with Crippen LogP contribution in [-0.2, 0) is 97.6 Å². The zero-order valence-corrected chi connectivity index (χ0v) is 65.1. The van der Waals surface area contributed by atoms with E-state index in [-0.39, 0.29) is 86.9 Å². The number of H-pyrrole nitrogens is 1. The number of likely N-dealkylation sites (tertiary alicyclic amines) is 1. The Kier molecular flexibility index (Phi) is 37.9. The summed E-state index contributed by atoms with van der Waals surface area (Å²) < 4.78 is 0. The number of carbonyl (C=O) groups is 15. The van der Waals surface area contributed by atoms with Crippen molar-refractivity contribution in [1.82, 2.24) is 73.4 Å². The van der Waals surface area contributed by atoms with Gasteiger partial charge in [-0.1, -0.05) is 103 Å². The van der Waals surface area contributed by atoms with Crippen LogP contribution in [0.3, 0.4) is 0 Å². The van der Waals surface area contributed by atoms with Crippen LogP contribution in [0.15, 0.2) is 91.4 Å². The molecule has 5 rings (SSSR count). The van der Waals surface area contributed by atoms with E-state index in [0.29, 0.717) is 48.9 Å². The van der Waals surface area contributed by atoms with Crippen molar-refractivity contribution in [3.8, 4) is 11.5 Å². The maximum atomic E-state index is 15.0. The third kappa shape index (κ3) is 31.2. The number of aliphatic hydroxyl groups excluding tert-OH is 1. The number of aromatic hydroxyl groups is 2. The minimum atomic E-state index is -2.05. The van der Waals surface area contributed by atoms with Crippen LogP contribution in [0, 0.1) is 17.8 Å². The van der Waals surface area contributed by atoms with Crippen molar-refractivity contribution in [1.29, 1.82) is 0 Å². The van der Waals surface area contributed by atoms with Crippen molar-refractivity contribution < 1.29 is 97.5 Å². The molecule has 2 heterocycles. The minimum absolute atomic E-state index is 0.122. The number of primary amides is 1. The van der Waals surface area contributed by atoms with Gasteiger partial charge in [0.25, 0.3) is 0 Å². The van der Waals surface area contributed by atoms with Crippen LogP contribution < -0.4 is 75.7 Å². The summed E-state index contributed by atoms with van der Waals surface area (Å²) in [7, 11) is 0. The highest BCUT2D eigenvalue weighted by Crippen LogP contribution is 2.21. The molecule has 4 aromatic rings. The van der Waals surface area contributed by atoms with Gasteiger partial charge in [-0.25, -0.2) is 4.98 Å². The summed E-state index contributed by atoms with van der Waals surface area (Å²) in [6.07, 6.45) is -0.537. The molecular formula is C77H111N17O20. The van der Waals surface area contributed by atoms with E-state index in [9.17, 15) is 92.7 Å². The second kappa shape index (κ2) is 46.4. The van der Waals surface area contributed by atoms with Crippen molar-refractivity contribution in [2.75, 3.05) is 19.6 Å². The summed E-state index contributed by atoms with van der Waals surface area (Å²) in [6, 6.07) is 1.19. The van der Waals surface area contributed by atoms with Gasteiger partial charge in [-0.2, -0.15) is 0 Å². The number of benzene rings is 3. The number of carbonyl (C=O) groups excluding carboxylic acids is 13. The first-order valence-corrected chi connectivity index (χ1v) is 38.0. The Hall–Kier alpha value is -11.6. The predicted octanol–water partition coefficient (Wildman–Crippen LogP) is -2.15. The molecule has 0 radical (unpaired) electrons. The molecule has 0 saturated carbocycles. The number of amides is 13. The number of hydrogen-bond acceptors (Lipinski definition) is 21. The second-order valence-corrected chi connectivity index (χ2v) is 29.3. The average molecular weight is 1590 g/mol. The molecule has 1 saturated heterocycles. The van der Waals surface area contributed by atoms with Gasteiger partial charge in [0, 0.05) is 50.5 Å². The number of phenolic OH excluding ortho intramolecular Hbond substituents is 2. The van der Waals surface area contributed by atoms with Crippen LogP contribution >= 0.6 is 0 Å². The number of rotatable bonds is 48. The van der Waals surface area contributed by atoms with E-state index in [4.69, 9.17) is 17.2 Å². The first kappa shape index (κ1) is 93.0. The van der Waals surface area contributed by atoms with E-state index in [2.05, 4.69) is 68.5 Å². The summed E-state index contributed by atoms with van der Waals surface area (Å²) in [5, 5.41) is 78.8. The highest BCUT2D eigenvalue weighted by molar-refractivity contribution is 6.00. The molecule has 37 heteroatoms. The van der Waals surface area contributed by atoms with E-state index in [1.807, 2.05) is 0 Å². The quantitative estimate of drug-likeness (QED) is 0.0210. The largest absolute Gasteiger partial charge is 0.508 e. The number of phenols is 2. The Labute approximate surface area is 660 Å². The Balaban J connectivity index is 1.40. The second-order valence-electron chi connectivity index (χ2n) is 29.3. The monoisotopic (exact) mass is 1590 g/mol. The molecule has 3 aromatic carbocycles. The van der Waals surface area contributed by atoms with E-state index >= 15 is 4.79 Å². The summed E-state index contributed by atoms with van der Waals surface area (Å²) in [6.45, 7) is 11.3. The van der Waals surface area contributed by atoms with Gasteiger partial charge in [0.2, 0.25) is 76.8 Å². The van der Waals surface area contributed by atoms with E-state index in [1.54, 1.807) is 71.9 Å². The molecule has 14 atom stereocenters. The smallest absolute Gasteiger partial charge is 0.305 e. The normalized spacial score (nSPS) is 16.0. The lowest BCUT2D eigenvalue weighted by Crippen LogP contribution is -2.62. The minimum Gasteiger partial charge on any atom is -0.508 e. The first-order chi connectivity index (χ1) is 54.0. The molecule has 37 nitrogen and oxygen atoms in total. The molecule has 23 N–H and O–H groups in total. The predicted molar refractivity (Wildman–Crippen MR) is 412 cm³/mol. The fourth-order valence-electron chi connectivity index (χ4n) is 12.5. The molecule has 1 aliphatic rings. The van der Waals surface area contributed by atoms with E-state index < -0.39 is 199 Å². The van der Waals surface area contributed by atoms with Gasteiger partial charge in [0.05, 0.1) is 31.4 Å². The molecule has 624 valence electrons. The average Bonchev–Trinajstić information content (AvgIpc) is 1.79. The third-order valence-electron chi connectivity index (χ3n) is 19.0. The number of unbranched alkanes of at least 4 members (excludes halogenated alkanes) is 1. The molecule has 0 bridgehead atoms. The van der Waals surface area contributed by atoms with Gasteiger partial charge < -0.3 is 111 Å². The topological polar surface area (TPSA) is 600 Å². The maximum Gasteiger partial charge on any atom is 0.305 e. The maximum absolute atomic E-state index is 15.0. The van der Waals surface area contributed by atoms with Crippen molar-refractivity contribution in [3.05, 3.63) is 114 Å². The van der Waals surface area contributed by atoms with Gasteiger partial charge in [-0.15, -0.1) is 0 Å². The number of nitrogens with zero attached hydrogens (tertiary/aromatic N) is 2. The van der Waals surface area contributed by atoms with Crippen LogP contribution in [0.4, 0.5) is 0 Å². The molecule has 114 heavy (non-hydrogen) atoms. The number of imidazole rings is 1. The summed E-state index contributed by atoms with van der Waals surface area (Å²) in [5.41, 5.74) is 18.8. The van der Waals surface area contributed by atoms with Crippen LogP contribution in [0.2, 0.25) is 0 Å². The van der Waals surface area contributed by atoms with E-state index in [1.165, 1.54) is 72.9 Å². The van der Waals surface area contributed by atoms with Gasteiger partial charge in [0.1, 0.15) is 78.0 Å². The van der Waals surface area contributed by atoms with Crippen LogP contribution in [0.25, 0.3) is 0 Å². The van der Waals surface area contributed by atoms with Crippen LogP contribution in [0.5, 0.6) is 11.5 Å². The van der Waals surface area contributed by atoms with Crippen molar-refractivity contribution in [2.45, 2.75) is 223 Å². The summed E-state index contributed by atoms with van der Waals surface area (Å²) in [4.78, 5) is 217. The molecule has 0 aliphatic carbocycles. The molecule has 0 unspecified atom stereocenters. The molecule has 0 spiro atoms. The Bertz CT molecular complexity index is 3910. The van der Waals surface area contributed by atoms with Gasteiger partial charge in [-0.3, -0.25) is 71.9 Å². The highest BCUT2D eigenvalue weighted by atomic mass is 16.4. The molecule has 13 amide bonds. The third-order valence-corrected chi connectivity index (χ3v) is 19.0. The number of hydrogen-bond donors (Lipinski definition) is 20. The SMILES string of the molecule is CC[C@H](C)[C@H](N)C(=O)N[C@H](C(=O)N[C@@H](Cc1ccccc1)C(=O)N[C@@H](CCC(=O)O)C(=O)N[C@@H](CC(=O)O)C(=O)N[C@@H](CC(C)C)C(=O)N[C@@H](CC(C)C)C(=O)N[C@@H](Cc1cnc[nH]1)C(=O)N[C@@H](Cc1ccc(O)cc1)C(=O)N[C@@H](Cc1ccc(O)cc1)C(=O)NCC(=O)N1CCC[C@H]1C(=O)N[C@@H](CCCCN)C(N)=O)[C@@H](C)O. The standard InChI is InChI=1S/C77H111N17O20/c1-8-43(6)64(79)76(113)93-65(44(7)95)77(114)92-57(33-45-15-10-9-11-16-45)71(108)85-52(27-28-62(99)100)68(105)91-59(37-63(101)102)74(111)87-53(31-41(2)3)69(106)86-54(32-42(4)5)70(107)90-58(36-48-38-81-40-83-48)73(110)89-56(35-47-21-25-50(97)26-22-47)72(109)88-55(34-46-19-23-49(96)24-20-46)67(104)82-39-61(98)94-30-14-18-60(94)75(112)84-51(66(80)103)17-12-13-29-78/h9-11,15-16,19-26,38,40-44,51-60,64-65,95-97H,8,12-14,17-18,27-37,39,78-79H2,1-7H3,(H2,80,103)(H,81,83)(H,82,104)(H,84,112)(H,85,108)(H,86,106)(H,87,111)(H,88,109)(H,89,110)(H,90,107)(H,91,105)(H,92,114)(H,93,113)(H,99,100)(H,101,102)/t43-,44+,51-,52-,53-,54-,55-,56-,57-,58-,59-,60-,64-,65-/m0/s1. The number of carboxylic acids is 2. The van der Waals surface area contributed by atoms with Gasteiger partial charge in [-0.05, 0) is 124 Å². The molecular weight excluding hydrogens is 1480 g/mol. The lowest BCUT2D eigenvalue weighted by atomic mass is 9.98. The Morgan fingerprint density at radius 1 is 0.526 bits per heavy atom. The van der Waals surface area contributed by atoms with Crippen LogP contribution in [0.1, 0.15) is 141 Å². The zero-order chi connectivity index (χ0) is 84.5. The molecule has 1 aliphatic heterocycles. The van der Waals surface area contributed by atoms with Gasteiger partial charge >= 0.3 is 11.9 Å². The molecule has 1 aromatic heterocycles. The number of aliphatic hydroxyl groups is 1. The number of aromatic amines is 1. The number of aliphatic carboxylic acids is 2.